The van der Waals surface area contributed by atoms with Crippen molar-refractivity contribution in [2.45, 2.75) is 103 Å². The molecule has 0 aromatic rings. The Balaban J connectivity index is 3.51. The minimum atomic E-state index is -0.470. The largest absolute Gasteiger partial charge is 0.465 e. The van der Waals surface area contributed by atoms with Gasteiger partial charge in [-0.05, 0) is 12.8 Å². The number of aliphatic hydroxyl groups is 1. The van der Waals surface area contributed by atoms with Gasteiger partial charge < -0.3 is 14.3 Å². The molecule has 0 radical (unpaired) electrons. The van der Waals surface area contributed by atoms with Gasteiger partial charge in [0, 0.05) is 0 Å². The lowest BCUT2D eigenvalue weighted by molar-refractivity contribution is -0.907. The fourth-order valence-corrected chi connectivity index (χ4v) is 3.59. The zero-order valence-electron chi connectivity index (χ0n) is 18.1. The third kappa shape index (κ3) is 12.7. The maximum Gasteiger partial charge on any atom is 0.367 e. The van der Waals surface area contributed by atoms with Gasteiger partial charge in [-0.25, -0.2) is 4.79 Å². The molecule has 0 aromatic heterocycles. The maximum atomic E-state index is 11.7. The van der Waals surface area contributed by atoms with Crippen molar-refractivity contribution in [3.8, 4) is 0 Å². The van der Waals surface area contributed by atoms with Gasteiger partial charge in [-0.2, -0.15) is 0 Å². The van der Waals surface area contributed by atoms with Crippen molar-refractivity contribution in [3.05, 3.63) is 0 Å². The van der Waals surface area contributed by atoms with E-state index in [4.69, 9.17) is 4.74 Å². The zero-order chi connectivity index (χ0) is 19.7. The van der Waals surface area contributed by atoms with Gasteiger partial charge in [0.1, 0.15) is 6.61 Å². The van der Waals surface area contributed by atoms with Crippen molar-refractivity contribution in [1.82, 2.24) is 0 Å². The normalized spacial score (nSPS) is 13.0. The molecule has 0 heterocycles. The van der Waals surface area contributed by atoms with Crippen LogP contribution >= 0.6 is 0 Å². The highest BCUT2D eigenvalue weighted by Gasteiger charge is 2.34. The summed E-state index contributed by atoms with van der Waals surface area (Å²) >= 11 is 0. The molecule has 156 valence electrons. The molecule has 26 heavy (non-hydrogen) atoms. The summed E-state index contributed by atoms with van der Waals surface area (Å²) in [6.45, 7) is 3.02. The number of hydrogen-bond donors (Lipinski definition) is 1. The maximum absolute atomic E-state index is 11.7. The first-order valence-corrected chi connectivity index (χ1v) is 11.0. The number of esters is 1. The van der Waals surface area contributed by atoms with Crippen molar-refractivity contribution < 1.29 is 19.1 Å². The van der Waals surface area contributed by atoms with E-state index in [1.54, 1.807) is 0 Å². The van der Waals surface area contributed by atoms with Crippen LogP contribution in [0.5, 0.6) is 0 Å². The van der Waals surface area contributed by atoms with E-state index < -0.39 is 6.04 Å². The summed E-state index contributed by atoms with van der Waals surface area (Å²) in [5.41, 5.74) is 0. The molecule has 4 heteroatoms. The lowest BCUT2D eigenvalue weighted by Crippen LogP contribution is -2.55. The number of likely N-dealkylation sites (N-methyl/N-ethyl adjacent to an activating group) is 1. The average molecular weight is 373 g/mol. The highest BCUT2D eigenvalue weighted by molar-refractivity contribution is 5.74. The second kappa shape index (κ2) is 16.6. The van der Waals surface area contributed by atoms with Crippen LogP contribution in [0.2, 0.25) is 0 Å². The van der Waals surface area contributed by atoms with Crippen LogP contribution in [0.4, 0.5) is 0 Å². The fraction of sp³-hybridized carbons (Fsp3) is 0.955. The number of unbranched alkanes of at least 4 members (excludes halogenated alkanes) is 13. The SMILES string of the molecule is CCCCCCCCCCCCCCCC[N+](C)(C)C(CO)C(=O)OC. The number of quaternary nitrogens is 1. The van der Waals surface area contributed by atoms with Crippen LogP contribution in [0, 0.1) is 0 Å². The average Bonchev–Trinajstić information content (AvgIpc) is 2.62. The summed E-state index contributed by atoms with van der Waals surface area (Å²) in [5, 5.41) is 9.46. The first-order valence-electron chi connectivity index (χ1n) is 11.0. The summed E-state index contributed by atoms with van der Waals surface area (Å²) < 4.78 is 5.30. The Morgan fingerprint density at radius 3 is 1.54 bits per heavy atom. The molecule has 4 nitrogen and oxygen atoms in total. The molecule has 0 rings (SSSR count). The van der Waals surface area contributed by atoms with Crippen LogP contribution in [-0.2, 0) is 9.53 Å². The Hall–Kier alpha value is -0.610. The molecule has 1 atom stereocenters. The molecular formula is C22H46NO3+. The molecule has 1 unspecified atom stereocenters. The number of carbonyl (C=O) groups excluding carboxylic acids is 1. The topological polar surface area (TPSA) is 46.5 Å². The predicted molar refractivity (Wildman–Crippen MR) is 110 cm³/mol. The third-order valence-corrected chi connectivity index (χ3v) is 5.58. The van der Waals surface area contributed by atoms with E-state index >= 15 is 0 Å². The minimum absolute atomic E-state index is 0.154. The molecule has 0 aliphatic carbocycles. The second-order valence-electron chi connectivity index (χ2n) is 8.32. The summed E-state index contributed by atoms with van der Waals surface area (Å²) in [6.07, 6.45) is 18.9. The van der Waals surface area contributed by atoms with E-state index in [1.165, 1.54) is 90.6 Å². The summed E-state index contributed by atoms with van der Waals surface area (Å²) in [7, 11) is 5.39. The molecular weight excluding hydrogens is 326 g/mol. The summed E-state index contributed by atoms with van der Waals surface area (Å²) in [6, 6.07) is -0.470. The van der Waals surface area contributed by atoms with Crippen LogP contribution in [0.25, 0.3) is 0 Å². The number of methoxy groups -OCH3 is 1. The van der Waals surface area contributed by atoms with Gasteiger partial charge in [0.25, 0.3) is 0 Å². The molecule has 0 fully saturated rings. The molecule has 0 saturated carbocycles. The summed E-state index contributed by atoms with van der Waals surface area (Å²) in [5.74, 6) is -0.317. The fourth-order valence-electron chi connectivity index (χ4n) is 3.59. The van der Waals surface area contributed by atoms with Gasteiger partial charge >= 0.3 is 5.97 Å². The molecule has 1 N–H and O–H groups in total. The Morgan fingerprint density at radius 2 is 1.19 bits per heavy atom. The van der Waals surface area contributed by atoms with Gasteiger partial charge in [-0.3, -0.25) is 0 Å². The summed E-state index contributed by atoms with van der Waals surface area (Å²) in [4.78, 5) is 11.7. The minimum Gasteiger partial charge on any atom is -0.465 e. The second-order valence-corrected chi connectivity index (χ2v) is 8.32. The van der Waals surface area contributed by atoms with E-state index in [9.17, 15) is 9.90 Å². The quantitative estimate of drug-likeness (QED) is 0.207. The lowest BCUT2D eigenvalue weighted by Gasteiger charge is -2.35. The van der Waals surface area contributed by atoms with Gasteiger partial charge in [-0.1, -0.05) is 84.0 Å². The van der Waals surface area contributed by atoms with Gasteiger partial charge in [-0.15, -0.1) is 0 Å². The third-order valence-electron chi connectivity index (χ3n) is 5.58. The van der Waals surface area contributed by atoms with Crippen LogP contribution in [0.1, 0.15) is 96.8 Å². The number of nitrogens with zero attached hydrogens (tertiary/aromatic N) is 1. The molecule has 0 saturated heterocycles. The van der Waals surface area contributed by atoms with Crippen LogP contribution < -0.4 is 0 Å². The molecule has 0 aliphatic rings. The van der Waals surface area contributed by atoms with Crippen LogP contribution in [0.3, 0.4) is 0 Å². The Labute approximate surface area is 162 Å². The van der Waals surface area contributed by atoms with E-state index in [-0.39, 0.29) is 12.6 Å². The van der Waals surface area contributed by atoms with Crippen LogP contribution in [-0.4, -0.2) is 56.0 Å². The van der Waals surface area contributed by atoms with Crippen molar-refractivity contribution in [2.24, 2.45) is 0 Å². The van der Waals surface area contributed by atoms with Crippen molar-refractivity contribution >= 4 is 5.97 Å². The van der Waals surface area contributed by atoms with E-state index in [1.807, 2.05) is 14.1 Å². The molecule has 0 spiro atoms. The van der Waals surface area contributed by atoms with Crippen molar-refractivity contribution in [1.29, 1.82) is 0 Å². The highest BCUT2D eigenvalue weighted by atomic mass is 16.5. The van der Waals surface area contributed by atoms with Gasteiger partial charge in [0.15, 0.2) is 0 Å². The van der Waals surface area contributed by atoms with Crippen molar-refractivity contribution in [3.63, 3.8) is 0 Å². The molecule has 0 aromatic carbocycles. The first kappa shape index (κ1) is 25.4. The standard InChI is InChI=1S/C22H46NO3/c1-5-6-7-8-9-10-11-12-13-14-15-16-17-18-19-23(2,3)21(20-24)22(25)26-4/h21,24H,5-20H2,1-4H3/q+1. The monoisotopic (exact) mass is 372 g/mol. The number of rotatable bonds is 18. The smallest absolute Gasteiger partial charge is 0.367 e. The lowest BCUT2D eigenvalue weighted by atomic mass is 10.0. The van der Waals surface area contributed by atoms with Crippen molar-refractivity contribution in [2.75, 3.05) is 34.4 Å². The van der Waals surface area contributed by atoms with Gasteiger partial charge in [0.2, 0.25) is 6.04 Å². The number of hydrogen-bond acceptors (Lipinski definition) is 3. The number of ether oxygens (including phenoxy) is 1. The van der Waals surface area contributed by atoms with E-state index in [2.05, 4.69) is 6.92 Å². The van der Waals surface area contributed by atoms with Gasteiger partial charge in [0.05, 0.1) is 27.7 Å². The molecule has 0 bridgehead atoms. The highest BCUT2D eigenvalue weighted by Crippen LogP contribution is 2.15. The van der Waals surface area contributed by atoms with E-state index in [0.29, 0.717) is 4.48 Å². The molecule has 0 amide bonds. The number of aliphatic hydroxyl groups excluding tert-OH is 1. The Kier molecular flexibility index (Phi) is 16.2. The Bertz CT molecular complexity index is 331. The Morgan fingerprint density at radius 1 is 0.808 bits per heavy atom. The zero-order valence-corrected chi connectivity index (χ0v) is 18.1. The predicted octanol–water partition coefficient (Wildman–Crippen LogP) is 5.08. The number of carbonyl (C=O) groups is 1. The first-order chi connectivity index (χ1) is 12.5. The van der Waals surface area contributed by atoms with Crippen LogP contribution in [0.15, 0.2) is 0 Å². The molecule has 0 aliphatic heterocycles. The van der Waals surface area contributed by atoms with E-state index in [0.717, 1.165) is 13.0 Å².